The van der Waals surface area contributed by atoms with E-state index in [0.29, 0.717) is 0 Å². The van der Waals surface area contributed by atoms with Gasteiger partial charge in [0.15, 0.2) is 0 Å². The number of aromatic nitrogens is 2. The molecule has 3 nitrogen and oxygen atoms in total. The molecule has 1 aliphatic rings. The van der Waals surface area contributed by atoms with Gasteiger partial charge in [0.2, 0.25) is 0 Å². The van der Waals surface area contributed by atoms with Crippen LogP contribution >= 0.6 is 0 Å². The molecule has 1 aromatic rings. The number of hydrogen-bond donors (Lipinski definition) is 1. The van der Waals surface area contributed by atoms with Gasteiger partial charge in [-0.25, -0.2) is 0 Å². The van der Waals surface area contributed by atoms with Crippen molar-refractivity contribution in [3.63, 3.8) is 0 Å². The molecule has 3 heteroatoms. The van der Waals surface area contributed by atoms with Crippen LogP contribution in [0.2, 0.25) is 0 Å². The van der Waals surface area contributed by atoms with Gasteiger partial charge in [0.25, 0.3) is 0 Å². The minimum absolute atomic E-state index is 0.114. The van der Waals surface area contributed by atoms with Gasteiger partial charge in [0.1, 0.15) is 0 Å². The van der Waals surface area contributed by atoms with Gasteiger partial charge < -0.3 is 5.11 Å². The first-order chi connectivity index (χ1) is 6.75. The molecule has 0 spiro atoms. The second kappa shape index (κ2) is 4.13. The highest BCUT2D eigenvalue weighted by Crippen LogP contribution is 2.34. The van der Waals surface area contributed by atoms with Gasteiger partial charge in [-0.05, 0) is 31.2 Å². The predicted octanol–water partition coefficient (Wildman–Crippen LogP) is 1.51. The fourth-order valence-electron chi connectivity index (χ4n) is 1.82. The van der Waals surface area contributed by atoms with E-state index in [4.69, 9.17) is 0 Å². The largest absolute Gasteiger partial charge is 0.393 e. The van der Waals surface area contributed by atoms with E-state index in [-0.39, 0.29) is 6.10 Å². The average Bonchev–Trinajstić information content (AvgIpc) is 2.86. The Kier molecular flexibility index (Phi) is 2.87. The quantitative estimate of drug-likeness (QED) is 0.771. The molecular weight excluding hydrogens is 176 g/mol. The summed E-state index contributed by atoms with van der Waals surface area (Å²) in [6.45, 7) is 0. The van der Waals surface area contributed by atoms with Crippen molar-refractivity contribution in [3.05, 3.63) is 18.0 Å². The second-order valence-electron chi connectivity index (χ2n) is 4.32. The third-order valence-electron chi connectivity index (χ3n) is 2.96. The number of hydrogen-bond acceptors (Lipinski definition) is 2. The Morgan fingerprint density at radius 1 is 1.64 bits per heavy atom. The van der Waals surface area contributed by atoms with Crippen LogP contribution in [0.1, 0.15) is 31.4 Å². The first-order valence-electron chi connectivity index (χ1n) is 5.40. The van der Waals surface area contributed by atoms with Crippen LogP contribution in [0.5, 0.6) is 0 Å². The molecule has 0 aliphatic heterocycles. The number of nitrogens with zero attached hydrogens (tertiary/aromatic N) is 2. The third-order valence-corrected chi connectivity index (χ3v) is 2.96. The van der Waals surface area contributed by atoms with Crippen molar-refractivity contribution < 1.29 is 5.11 Å². The molecule has 1 aromatic heterocycles. The first-order valence-corrected chi connectivity index (χ1v) is 5.40. The summed E-state index contributed by atoms with van der Waals surface area (Å²) in [6, 6.07) is 2.02. The van der Waals surface area contributed by atoms with Gasteiger partial charge in [-0.1, -0.05) is 12.8 Å². The molecule has 1 unspecified atom stereocenters. The van der Waals surface area contributed by atoms with Gasteiger partial charge in [0, 0.05) is 18.9 Å². The summed E-state index contributed by atoms with van der Waals surface area (Å²) in [7, 11) is 1.95. The molecular formula is C11H18N2O. The zero-order chi connectivity index (χ0) is 9.97. The lowest BCUT2D eigenvalue weighted by molar-refractivity contribution is 0.147. The number of rotatable bonds is 5. The van der Waals surface area contributed by atoms with Crippen molar-refractivity contribution in [2.24, 2.45) is 13.0 Å². The van der Waals surface area contributed by atoms with E-state index in [1.54, 1.807) is 0 Å². The minimum Gasteiger partial charge on any atom is -0.393 e. The summed E-state index contributed by atoms with van der Waals surface area (Å²) in [5.41, 5.74) is 1.21. The van der Waals surface area contributed by atoms with Gasteiger partial charge in [-0.15, -0.1) is 0 Å². The molecule has 1 N–H and O–H groups in total. The maximum Gasteiger partial charge on any atom is 0.0546 e. The lowest BCUT2D eigenvalue weighted by atomic mass is 10.1. The van der Waals surface area contributed by atoms with E-state index < -0.39 is 0 Å². The van der Waals surface area contributed by atoms with Crippen LogP contribution in [-0.4, -0.2) is 21.0 Å². The molecule has 0 saturated heterocycles. The van der Waals surface area contributed by atoms with Crippen LogP contribution in [0.15, 0.2) is 12.3 Å². The summed E-state index contributed by atoms with van der Waals surface area (Å²) in [5.74, 6) is 0.816. The van der Waals surface area contributed by atoms with Crippen molar-refractivity contribution in [2.45, 2.75) is 38.2 Å². The number of aryl methyl sites for hydroxylation is 2. The topological polar surface area (TPSA) is 38.0 Å². The molecule has 1 fully saturated rings. The average molecular weight is 194 g/mol. The predicted molar refractivity (Wildman–Crippen MR) is 54.9 cm³/mol. The normalized spacial score (nSPS) is 18.4. The maximum atomic E-state index is 9.72. The van der Waals surface area contributed by atoms with Crippen molar-refractivity contribution >= 4 is 0 Å². The van der Waals surface area contributed by atoms with E-state index in [9.17, 15) is 5.11 Å². The van der Waals surface area contributed by atoms with Crippen LogP contribution in [0.4, 0.5) is 0 Å². The van der Waals surface area contributed by atoms with E-state index >= 15 is 0 Å². The maximum absolute atomic E-state index is 9.72. The molecule has 1 aliphatic carbocycles. The summed E-state index contributed by atoms with van der Waals surface area (Å²) in [6.07, 6.45) is 7.14. The first kappa shape index (κ1) is 9.71. The molecule has 0 bridgehead atoms. The molecule has 0 aromatic carbocycles. The fraction of sp³-hybridized carbons (Fsp3) is 0.727. The van der Waals surface area contributed by atoms with Gasteiger partial charge in [-0.2, -0.15) is 5.10 Å². The summed E-state index contributed by atoms with van der Waals surface area (Å²) >= 11 is 0. The van der Waals surface area contributed by atoms with Gasteiger partial charge in [0.05, 0.1) is 6.10 Å². The Balaban J connectivity index is 1.73. The Morgan fingerprint density at radius 3 is 3.00 bits per heavy atom. The molecule has 0 radical (unpaired) electrons. The molecule has 14 heavy (non-hydrogen) atoms. The standard InChI is InChI=1S/C11H18N2O/c1-13-10(6-7-12-13)4-5-11(14)8-9-2-3-9/h6-7,9,11,14H,2-5,8H2,1H3. The highest BCUT2D eigenvalue weighted by Gasteiger charge is 2.24. The van der Waals surface area contributed by atoms with Crippen molar-refractivity contribution in [2.75, 3.05) is 0 Å². The van der Waals surface area contributed by atoms with Crippen LogP contribution in [0.25, 0.3) is 0 Å². The lowest BCUT2D eigenvalue weighted by Crippen LogP contribution is -2.10. The lowest BCUT2D eigenvalue weighted by Gasteiger charge is -2.09. The Hall–Kier alpha value is -0.830. The Labute approximate surface area is 84.7 Å². The number of aliphatic hydroxyl groups excluding tert-OH is 1. The van der Waals surface area contributed by atoms with E-state index in [0.717, 1.165) is 25.2 Å². The summed E-state index contributed by atoms with van der Waals surface area (Å²) < 4.78 is 1.88. The molecule has 0 amide bonds. The van der Waals surface area contributed by atoms with E-state index in [1.165, 1.54) is 18.5 Å². The second-order valence-corrected chi connectivity index (χ2v) is 4.32. The van der Waals surface area contributed by atoms with Gasteiger partial charge in [-0.3, -0.25) is 4.68 Å². The summed E-state index contributed by atoms with van der Waals surface area (Å²) in [4.78, 5) is 0. The van der Waals surface area contributed by atoms with Crippen molar-refractivity contribution in [1.82, 2.24) is 9.78 Å². The zero-order valence-electron chi connectivity index (χ0n) is 8.69. The van der Waals surface area contributed by atoms with E-state index in [2.05, 4.69) is 5.10 Å². The summed E-state index contributed by atoms with van der Waals surface area (Å²) in [5, 5.41) is 13.8. The zero-order valence-corrected chi connectivity index (χ0v) is 8.69. The molecule has 2 rings (SSSR count). The van der Waals surface area contributed by atoms with Crippen LogP contribution in [0, 0.1) is 5.92 Å². The molecule has 1 heterocycles. The van der Waals surface area contributed by atoms with Crippen LogP contribution < -0.4 is 0 Å². The molecule has 1 saturated carbocycles. The van der Waals surface area contributed by atoms with Crippen molar-refractivity contribution in [3.8, 4) is 0 Å². The minimum atomic E-state index is -0.114. The Morgan fingerprint density at radius 2 is 2.43 bits per heavy atom. The number of aliphatic hydroxyl groups is 1. The molecule has 78 valence electrons. The highest BCUT2D eigenvalue weighted by molar-refractivity contribution is 5.00. The third kappa shape index (κ3) is 2.58. The fourth-order valence-corrected chi connectivity index (χ4v) is 1.82. The van der Waals surface area contributed by atoms with Crippen molar-refractivity contribution in [1.29, 1.82) is 0 Å². The SMILES string of the molecule is Cn1nccc1CCC(O)CC1CC1. The Bertz CT molecular complexity index is 291. The highest BCUT2D eigenvalue weighted by atomic mass is 16.3. The van der Waals surface area contributed by atoms with Crippen LogP contribution in [0.3, 0.4) is 0 Å². The monoisotopic (exact) mass is 194 g/mol. The van der Waals surface area contributed by atoms with Gasteiger partial charge >= 0.3 is 0 Å². The van der Waals surface area contributed by atoms with E-state index in [1.807, 2.05) is 24.0 Å². The van der Waals surface area contributed by atoms with Crippen LogP contribution in [-0.2, 0) is 13.5 Å². The smallest absolute Gasteiger partial charge is 0.0546 e. The molecule has 1 atom stereocenters.